The van der Waals surface area contributed by atoms with Crippen LogP contribution < -0.4 is 5.32 Å². The third-order valence-electron chi connectivity index (χ3n) is 2.38. The van der Waals surface area contributed by atoms with Crippen LogP contribution >= 0.6 is 0 Å². The molecule has 0 aromatic carbocycles. The van der Waals surface area contributed by atoms with Crippen molar-refractivity contribution < 1.29 is 0 Å². The minimum Gasteiger partial charge on any atom is -0.312 e. The van der Waals surface area contributed by atoms with E-state index in [-0.39, 0.29) is 0 Å². The van der Waals surface area contributed by atoms with E-state index in [0.29, 0.717) is 6.04 Å². The highest BCUT2D eigenvalue weighted by Gasteiger charge is 2.27. The van der Waals surface area contributed by atoms with Crippen molar-refractivity contribution >= 4 is 0 Å². The van der Waals surface area contributed by atoms with Gasteiger partial charge in [0, 0.05) is 12.1 Å². The Hall–Kier alpha value is -0.0400. The summed E-state index contributed by atoms with van der Waals surface area (Å²) in [6, 6.07) is 1.51. The lowest BCUT2D eigenvalue weighted by molar-refractivity contribution is 0.206. The highest BCUT2D eigenvalue weighted by Crippen LogP contribution is 2.29. The van der Waals surface area contributed by atoms with Crippen LogP contribution in [0, 0.1) is 5.92 Å². The number of hydrogen-bond acceptors (Lipinski definition) is 1. The van der Waals surface area contributed by atoms with Gasteiger partial charge in [-0.25, -0.2) is 0 Å². The van der Waals surface area contributed by atoms with Crippen LogP contribution in [0.2, 0.25) is 0 Å². The van der Waals surface area contributed by atoms with E-state index in [1.54, 1.807) is 0 Å². The molecule has 0 bridgehead atoms. The maximum Gasteiger partial charge on any atom is 0.00747 e. The Kier molecular flexibility index (Phi) is 2.72. The standard InChI is InChI=1S/C9H19N/c1-4-8-5-9(6-8)10-7(2)3/h7-10H,4-6H2,1-3H3. The van der Waals surface area contributed by atoms with Gasteiger partial charge in [0.1, 0.15) is 0 Å². The summed E-state index contributed by atoms with van der Waals surface area (Å²) >= 11 is 0. The first-order valence-electron chi connectivity index (χ1n) is 4.48. The molecule has 0 spiro atoms. The van der Waals surface area contributed by atoms with Crippen LogP contribution in [-0.2, 0) is 0 Å². The molecule has 1 rings (SSSR count). The Morgan fingerprint density at radius 2 is 2.00 bits per heavy atom. The molecule has 1 saturated carbocycles. The van der Waals surface area contributed by atoms with E-state index < -0.39 is 0 Å². The summed E-state index contributed by atoms with van der Waals surface area (Å²) < 4.78 is 0. The van der Waals surface area contributed by atoms with Gasteiger partial charge in [-0.3, -0.25) is 0 Å². The Labute approximate surface area is 64.2 Å². The molecule has 0 saturated heterocycles. The summed E-state index contributed by atoms with van der Waals surface area (Å²) in [6.45, 7) is 6.73. The molecule has 0 atom stereocenters. The maximum absolute atomic E-state index is 3.54. The number of rotatable bonds is 3. The molecule has 0 heterocycles. The van der Waals surface area contributed by atoms with Gasteiger partial charge in [0.05, 0.1) is 0 Å². The van der Waals surface area contributed by atoms with Gasteiger partial charge in [0.2, 0.25) is 0 Å². The molecule has 1 heteroatoms. The van der Waals surface area contributed by atoms with Gasteiger partial charge in [0.25, 0.3) is 0 Å². The Morgan fingerprint density at radius 1 is 1.40 bits per heavy atom. The predicted octanol–water partition coefficient (Wildman–Crippen LogP) is 2.17. The van der Waals surface area contributed by atoms with Crippen molar-refractivity contribution in [1.82, 2.24) is 5.32 Å². The molecule has 0 unspecified atom stereocenters. The van der Waals surface area contributed by atoms with E-state index in [9.17, 15) is 0 Å². The molecule has 0 aromatic rings. The van der Waals surface area contributed by atoms with E-state index in [1.807, 2.05) is 0 Å². The smallest absolute Gasteiger partial charge is 0.00747 e. The minimum absolute atomic E-state index is 0.669. The van der Waals surface area contributed by atoms with Crippen LogP contribution in [0.25, 0.3) is 0 Å². The van der Waals surface area contributed by atoms with E-state index >= 15 is 0 Å². The fraction of sp³-hybridized carbons (Fsp3) is 1.00. The second-order valence-corrected chi connectivity index (χ2v) is 3.76. The van der Waals surface area contributed by atoms with Crippen LogP contribution in [0.1, 0.15) is 40.0 Å². The van der Waals surface area contributed by atoms with Crippen molar-refractivity contribution in [3.05, 3.63) is 0 Å². The van der Waals surface area contributed by atoms with Crippen LogP contribution in [-0.4, -0.2) is 12.1 Å². The van der Waals surface area contributed by atoms with Crippen molar-refractivity contribution in [1.29, 1.82) is 0 Å². The predicted molar refractivity (Wildman–Crippen MR) is 45.1 cm³/mol. The van der Waals surface area contributed by atoms with Gasteiger partial charge in [-0.15, -0.1) is 0 Å². The molecule has 1 aliphatic rings. The summed E-state index contributed by atoms with van der Waals surface area (Å²) in [6.07, 6.45) is 4.19. The van der Waals surface area contributed by atoms with Crippen molar-refractivity contribution in [2.45, 2.75) is 52.1 Å². The summed E-state index contributed by atoms with van der Waals surface area (Å²) in [5.74, 6) is 1.02. The number of nitrogens with one attached hydrogen (secondary N) is 1. The molecule has 1 fully saturated rings. The summed E-state index contributed by atoms with van der Waals surface area (Å²) in [7, 11) is 0. The van der Waals surface area contributed by atoms with Gasteiger partial charge in [-0.05, 0) is 18.8 Å². The van der Waals surface area contributed by atoms with Gasteiger partial charge in [0.15, 0.2) is 0 Å². The molecular formula is C9H19N. The SMILES string of the molecule is CCC1CC(NC(C)C)C1. The average Bonchev–Trinajstić information content (AvgIpc) is 1.76. The third-order valence-corrected chi connectivity index (χ3v) is 2.38. The zero-order valence-corrected chi connectivity index (χ0v) is 7.35. The molecular weight excluding hydrogens is 122 g/mol. The fourth-order valence-electron chi connectivity index (χ4n) is 1.68. The normalized spacial score (nSPS) is 32.4. The molecule has 1 N–H and O–H groups in total. The van der Waals surface area contributed by atoms with Crippen LogP contribution in [0.5, 0.6) is 0 Å². The quantitative estimate of drug-likeness (QED) is 0.635. The lowest BCUT2D eigenvalue weighted by atomic mass is 9.78. The third kappa shape index (κ3) is 1.98. The molecule has 10 heavy (non-hydrogen) atoms. The topological polar surface area (TPSA) is 12.0 Å². The van der Waals surface area contributed by atoms with Crippen molar-refractivity contribution in [2.75, 3.05) is 0 Å². The Bertz CT molecular complexity index is 92.9. The zero-order chi connectivity index (χ0) is 7.56. The van der Waals surface area contributed by atoms with E-state index in [2.05, 4.69) is 26.1 Å². The van der Waals surface area contributed by atoms with Gasteiger partial charge >= 0.3 is 0 Å². The highest BCUT2D eigenvalue weighted by atomic mass is 15.0. The van der Waals surface area contributed by atoms with Crippen LogP contribution in [0.15, 0.2) is 0 Å². The molecule has 0 aliphatic heterocycles. The van der Waals surface area contributed by atoms with Gasteiger partial charge in [-0.2, -0.15) is 0 Å². The molecule has 0 aromatic heterocycles. The first-order valence-corrected chi connectivity index (χ1v) is 4.48. The van der Waals surface area contributed by atoms with Gasteiger partial charge < -0.3 is 5.32 Å². The summed E-state index contributed by atoms with van der Waals surface area (Å²) in [5.41, 5.74) is 0. The monoisotopic (exact) mass is 141 g/mol. The van der Waals surface area contributed by atoms with E-state index in [0.717, 1.165) is 12.0 Å². The molecule has 0 radical (unpaired) electrons. The average molecular weight is 141 g/mol. The maximum atomic E-state index is 3.54. The molecule has 60 valence electrons. The Morgan fingerprint density at radius 3 is 2.40 bits per heavy atom. The van der Waals surface area contributed by atoms with E-state index in [1.165, 1.54) is 19.3 Å². The second kappa shape index (κ2) is 3.38. The number of hydrogen-bond donors (Lipinski definition) is 1. The highest BCUT2D eigenvalue weighted by molar-refractivity contribution is 4.84. The first kappa shape index (κ1) is 8.06. The molecule has 1 aliphatic carbocycles. The van der Waals surface area contributed by atoms with Crippen molar-refractivity contribution in [3.8, 4) is 0 Å². The van der Waals surface area contributed by atoms with Crippen LogP contribution in [0.3, 0.4) is 0 Å². The first-order chi connectivity index (χ1) is 4.72. The second-order valence-electron chi connectivity index (χ2n) is 3.76. The minimum atomic E-state index is 0.669. The summed E-state index contributed by atoms with van der Waals surface area (Å²) in [4.78, 5) is 0. The lowest BCUT2D eigenvalue weighted by Gasteiger charge is -2.36. The van der Waals surface area contributed by atoms with Gasteiger partial charge in [-0.1, -0.05) is 27.2 Å². The summed E-state index contributed by atoms with van der Waals surface area (Å²) in [5, 5.41) is 3.54. The van der Waals surface area contributed by atoms with Crippen molar-refractivity contribution in [2.24, 2.45) is 5.92 Å². The van der Waals surface area contributed by atoms with E-state index in [4.69, 9.17) is 0 Å². The van der Waals surface area contributed by atoms with Crippen molar-refractivity contribution in [3.63, 3.8) is 0 Å². The largest absolute Gasteiger partial charge is 0.312 e. The molecule has 0 amide bonds. The Balaban J connectivity index is 2.03. The zero-order valence-electron chi connectivity index (χ0n) is 7.35. The lowest BCUT2D eigenvalue weighted by Crippen LogP contribution is -2.44. The molecule has 1 nitrogen and oxygen atoms in total. The van der Waals surface area contributed by atoms with Crippen LogP contribution in [0.4, 0.5) is 0 Å². The fourth-order valence-corrected chi connectivity index (χ4v) is 1.68.